The van der Waals surface area contributed by atoms with Gasteiger partial charge < -0.3 is 19.4 Å². The van der Waals surface area contributed by atoms with E-state index in [0.29, 0.717) is 22.9 Å². The summed E-state index contributed by atoms with van der Waals surface area (Å²) in [4.78, 5) is 17.4. The first-order valence-electron chi connectivity index (χ1n) is 10.4. The first-order valence-corrected chi connectivity index (χ1v) is 13.1. The van der Waals surface area contributed by atoms with Crippen molar-refractivity contribution in [2.24, 2.45) is 0 Å². The molecule has 5 rings (SSSR count). The number of hydrogen-bond acceptors (Lipinski definition) is 9. The lowest BCUT2D eigenvalue weighted by atomic mass is 10.2. The van der Waals surface area contributed by atoms with Crippen LogP contribution in [0.4, 0.5) is 5.69 Å². The molecule has 2 aromatic heterocycles. The highest BCUT2D eigenvalue weighted by molar-refractivity contribution is 8.00. The number of carbonyl (C=O) groups is 1. The Morgan fingerprint density at radius 2 is 2.06 bits per heavy atom. The number of amides is 1. The Balaban J connectivity index is 1.22. The lowest BCUT2D eigenvalue weighted by molar-refractivity contribution is -0.115. The maximum atomic E-state index is 12.7. The zero-order chi connectivity index (χ0) is 22.8. The quantitative estimate of drug-likeness (QED) is 0.337. The third-order valence-corrected chi connectivity index (χ3v) is 8.26. The van der Waals surface area contributed by atoms with Crippen molar-refractivity contribution in [3.8, 4) is 11.5 Å². The van der Waals surface area contributed by atoms with Crippen LogP contribution in [0, 0.1) is 0 Å². The molecule has 1 amide bonds. The standard InChI is InChI=1S/C22H21N5O3S3/c1-3-27-19(11-31-22-24-15-6-4-5-7-18(15)33-22)25-26-21(27)32-13(2)20(28)23-14-8-9-16-17(10-14)30-12-29-16/h4-10,13H,3,11-12H2,1-2H3,(H,23,28)/t13-/m0/s1. The zero-order valence-electron chi connectivity index (χ0n) is 18.0. The minimum Gasteiger partial charge on any atom is -0.454 e. The number of aromatic nitrogens is 4. The Morgan fingerprint density at radius 3 is 2.91 bits per heavy atom. The summed E-state index contributed by atoms with van der Waals surface area (Å²) >= 11 is 4.72. The molecule has 0 radical (unpaired) electrons. The van der Waals surface area contributed by atoms with Gasteiger partial charge in [-0.15, -0.1) is 21.5 Å². The van der Waals surface area contributed by atoms with Crippen LogP contribution in [0.3, 0.4) is 0 Å². The first kappa shape index (κ1) is 22.1. The van der Waals surface area contributed by atoms with Crippen LogP contribution in [0.25, 0.3) is 10.2 Å². The largest absolute Gasteiger partial charge is 0.454 e. The Kier molecular flexibility index (Phi) is 6.43. The molecule has 11 heteroatoms. The van der Waals surface area contributed by atoms with Gasteiger partial charge in [0.1, 0.15) is 5.82 Å². The summed E-state index contributed by atoms with van der Waals surface area (Å²) in [5.74, 6) is 2.73. The molecule has 0 unspecified atom stereocenters. The predicted molar refractivity (Wildman–Crippen MR) is 131 cm³/mol. The second kappa shape index (κ2) is 9.62. The van der Waals surface area contributed by atoms with Crippen LogP contribution >= 0.6 is 34.9 Å². The van der Waals surface area contributed by atoms with Crippen LogP contribution in [0.2, 0.25) is 0 Å². The summed E-state index contributed by atoms with van der Waals surface area (Å²) < 4.78 is 14.9. The van der Waals surface area contributed by atoms with E-state index in [4.69, 9.17) is 9.47 Å². The average Bonchev–Trinajstić information content (AvgIpc) is 3.54. The van der Waals surface area contributed by atoms with Crippen molar-refractivity contribution in [1.29, 1.82) is 0 Å². The number of nitrogens with zero attached hydrogens (tertiary/aromatic N) is 4. The van der Waals surface area contributed by atoms with E-state index in [9.17, 15) is 4.79 Å². The van der Waals surface area contributed by atoms with E-state index < -0.39 is 0 Å². The number of thioether (sulfide) groups is 2. The highest BCUT2D eigenvalue weighted by atomic mass is 32.2. The summed E-state index contributed by atoms with van der Waals surface area (Å²) in [6.07, 6.45) is 0. The van der Waals surface area contributed by atoms with Gasteiger partial charge in [0, 0.05) is 18.3 Å². The van der Waals surface area contributed by atoms with Gasteiger partial charge in [0.15, 0.2) is 21.0 Å². The third-order valence-electron chi connectivity index (χ3n) is 5.00. The second-order valence-electron chi connectivity index (χ2n) is 7.20. The number of ether oxygens (including phenoxy) is 2. The number of thiazole rings is 1. The number of benzene rings is 2. The monoisotopic (exact) mass is 499 g/mol. The smallest absolute Gasteiger partial charge is 0.237 e. The van der Waals surface area contributed by atoms with Crippen molar-refractivity contribution in [2.45, 2.75) is 40.9 Å². The van der Waals surface area contributed by atoms with Crippen LogP contribution in [0.1, 0.15) is 19.7 Å². The van der Waals surface area contributed by atoms with Gasteiger partial charge in [-0.25, -0.2) is 4.98 Å². The fourth-order valence-electron chi connectivity index (χ4n) is 3.30. The van der Waals surface area contributed by atoms with E-state index in [1.54, 1.807) is 41.3 Å². The number of carbonyl (C=O) groups excluding carboxylic acids is 1. The summed E-state index contributed by atoms with van der Waals surface area (Å²) in [6.45, 7) is 4.83. The van der Waals surface area contributed by atoms with E-state index in [1.165, 1.54) is 16.5 Å². The maximum Gasteiger partial charge on any atom is 0.237 e. The predicted octanol–water partition coefficient (Wildman–Crippen LogP) is 5.05. The Labute approximate surface area is 203 Å². The average molecular weight is 500 g/mol. The number of anilines is 1. The van der Waals surface area contributed by atoms with Gasteiger partial charge in [-0.2, -0.15) is 0 Å². The van der Waals surface area contributed by atoms with E-state index in [2.05, 4.69) is 38.1 Å². The molecule has 1 aliphatic heterocycles. The SMILES string of the molecule is CCn1c(CSc2nc3ccccc3s2)nnc1S[C@@H](C)C(=O)Nc1ccc2c(c1)OCO2. The molecule has 0 spiro atoms. The van der Waals surface area contributed by atoms with Gasteiger partial charge in [0.25, 0.3) is 0 Å². The third kappa shape index (κ3) is 4.80. The van der Waals surface area contributed by atoms with Crippen molar-refractivity contribution < 1.29 is 14.3 Å². The molecular formula is C22H21N5O3S3. The first-order chi connectivity index (χ1) is 16.1. The van der Waals surface area contributed by atoms with Crippen molar-refractivity contribution in [1.82, 2.24) is 19.7 Å². The minimum atomic E-state index is -0.352. The summed E-state index contributed by atoms with van der Waals surface area (Å²) in [6, 6.07) is 13.5. The van der Waals surface area contributed by atoms with Crippen LogP contribution < -0.4 is 14.8 Å². The lowest BCUT2D eigenvalue weighted by Gasteiger charge is -2.13. The molecule has 1 N–H and O–H groups in total. The van der Waals surface area contributed by atoms with E-state index >= 15 is 0 Å². The molecule has 4 aromatic rings. The fourth-order valence-corrected chi connectivity index (χ4v) is 6.24. The van der Waals surface area contributed by atoms with Crippen molar-refractivity contribution >= 4 is 56.7 Å². The van der Waals surface area contributed by atoms with E-state index in [0.717, 1.165) is 27.4 Å². The Hall–Kier alpha value is -2.76. The molecule has 2 aromatic carbocycles. The number of rotatable bonds is 8. The second-order valence-corrected chi connectivity index (χ2v) is 10.8. The summed E-state index contributed by atoms with van der Waals surface area (Å²) in [5.41, 5.74) is 1.68. The fraction of sp³-hybridized carbons (Fsp3) is 0.273. The molecule has 0 saturated heterocycles. The van der Waals surface area contributed by atoms with Gasteiger partial charge in [-0.1, -0.05) is 35.7 Å². The highest BCUT2D eigenvalue weighted by Crippen LogP contribution is 2.35. The molecule has 8 nitrogen and oxygen atoms in total. The van der Waals surface area contributed by atoms with Gasteiger partial charge in [-0.3, -0.25) is 4.79 Å². The van der Waals surface area contributed by atoms with Crippen molar-refractivity contribution in [3.05, 3.63) is 48.3 Å². The molecule has 0 aliphatic carbocycles. The number of hydrogen-bond donors (Lipinski definition) is 1. The van der Waals surface area contributed by atoms with E-state index in [-0.39, 0.29) is 18.0 Å². The number of fused-ring (bicyclic) bond motifs is 2. The lowest BCUT2D eigenvalue weighted by Crippen LogP contribution is -2.23. The summed E-state index contributed by atoms with van der Waals surface area (Å²) in [7, 11) is 0. The number of nitrogens with one attached hydrogen (secondary N) is 1. The van der Waals surface area contributed by atoms with Crippen molar-refractivity contribution in [3.63, 3.8) is 0 Å². The molecule has 33 heavy (non-hydrogen) atoms. The molecule has 0 bridgehead atoms. The molecule has 0 fully saturated rings. The van der Waals surface area contributed by atoms with Gasteiger partial charge in [-0.05, 0) is 38.1 Å². The van der Waals surface area contributed by atoms with Gasteiger partial charge in [0.05, 0.1) is 21.2 Å². The molecule has 0 saturated carbocycles. The minimum absolute atomic E-state index is 0.116. The maximum absolute atomic E-state index is 12.7. The zero-order valence-corrected chi connectivity index (χ0v) is 20.4. The number of para-hydroxylation sites is 1. The van der Waals surface area contributed by atoms with Crippen LogP contribution in [-0.4, -0.2) is 37.7 Å². The molecule has 3 heterocycles. The van der Waals surface area contributed by atoms with E-state index in [1.807, 2.05) is 25.1 Å². The van der Waals surface area contributed by atoms with Gasteiger partial charge >= 0.3 is 0 Å². The van der Waals surface area contributed by atoms with Crippen LogP contribution in [-0.2, 0) is 17.1 Å². The molecular weight excluding hydrogens is 478 g/mol. The Morgan fingerprint density at radius 1 is 1.21 bits per heavy atom. The highest BCUT2D eigenvalue weighted by Gasteiger charge is 2.21. The summed E-state index contributed by atoms with van der Waals surface area (Å²) in [5, 5.41) is 12.0. The normalized spacial score (nSPS) is 13.4. The van der Waals surface area contributed by atoms with Crippen LogP contribution in [0.5, 0.6) is 11.5 Å². The van der Waals surface area contributed by atoms with Gasteiger partial charge in [0.2, 0.25) is 12.7 Å². The van der Waals surface area contributed by atoms with Crippen molar-refractivity contribution in [2.75, 3.05) is 12.1 Å². The topological polar surface area (TPSA) is 91.2 Å². The molecule has 1 atom stereocenters. The molecule has 1 aliphatic rings. The van der Waals surface area contributed by atoms with Crippen LogP contribution in [0.15, 0.2) is 52.0 Å². The Bertz CT molecular complexity index is 1270. The molecule has 170 valence electrons.